The van der Waals surface area contributed by atoms with Crippen molar-refractivity contribution in [1.82, 2.24) is 4.90 Å². The van der Waals surface area contributed by atoms with Crippen molar-refractivity contribution in [3.8, 4) is 0 Å². The highest BCUT2D eigenvalue weighted by Crippen LogP contribution is 2.49. The fourth-order valence-electron chi connectivity index (χ4n) is 3.17. The molecular formula is C15H25NO3. The van der Waals surface area contributed by atoms with Crippen molar-refractivity contribution in [3.63, 3.8) is 0 Å². The Hall–Kier alpha value is -1.06. The molecule has 0 aromatic rings. The Bertz CT molecular complexity index is 372. The number of nitrogens with zero attached hydrogens (tertiary/aromatic N) is 1. The van der Waals surface area contributed by atoms with E-state index in [1.165, 1.54) is 6.92 Å². The maximum atomic E-state index is 12.0. The molecule has 2 saturated carbocycles. The van der Waals surface area contributed by atoms with Crippen molar-refractivity contribution in [2.45, 2.75) is 70.9 Å². The van der Waals surface area contributed by atoms with E-state index in [1.807, 2.05) is 0 Å². The summed E-state index contributed by atoms with van der Waals surface area (Å²) in [5, 5.41) is 9.85. The molecule has 108 valence electrons. The summed E-state index contributed by atoms with van der Waals surface area (Å²) in [6, 6.07) is 0.168. The molecule has 0 aromatic heterocycles. The molecule has 4 heteroatoms. The average molecular weight is 267 g/mol. The van der Waals surface area contributed by atoms with Gasteiger partial charge >= 0.3 is 5.97 Å². The first-order chi connectivity index (χ1) is 8.89. The van der Waals surface area contributed by atoms with Crippen LogP contribution in [0.1, 0.15) is 59.3 Å². The maximum Gasteiger partial charge on any atom is 0.329 e. The Labute approximate surface area is 115 Å². The van der Waals surface area contributed by atoms with Crippen LogP contribution in [0.2, 0.25) is 0 Å². The van der Waals surface area contributed by atoms with E-state index in [4.69, 9.17) is 0 Å². The Morgan fingerprint density at radius 2 is 1.84 bits per heavy atom. The SMILES string of the molecule is CC(=O)N(C1CC1)C(CCC(C)C)(C(=O)O)C1CC1. The Kier molecular flexibility index (Phi) is 3.88. The van der Waals surface area contributed by atoms with Gasteiger partial charge < -0.3 is 10.0 Å². The summed E-state index contributed by atoms with van der Waals surface area (Å²) >= 11 is 0. The van der Waals surface area contributed by atoms with Gasteiger partial charge in [0.2, 0.25) is 5.91 Å². The van der Waals surface area contributed by atoms with E-state index in [0.717, 1.165) is 32.1 Å². The molecule has 0 aliphatic heterocycles. The van der Waals surface area contributed by atoms with Crippen LogP contribution in [-0.2, 0) is 9.59 Å². The van der Waals surface area contributed by atoms with Crippen LogP contribution < -0.4 is 0 Å². The molecule has 1 amide bonds. The second-order valence-electron chi connectivity index (χ2n) is 6.56. The topological polar surface area (TPSA) is 57.6 Å². The van der Waals surface area contributed by atoms with Crippen molar-refractivity contribution < 1.29 is 14.7 Å². The van der Waals surface area contributed by atoms with Crippen molar-refractivity contribution in [3.05, 3.63) is 0 Å². The highest BCUT2D eigenvalue weighted by atomic mass is 16.4. The molecule has 19 heavy (non-hydrogen) atoms. The monoisotopic (exact) mass is 267 g/mol. The lowest BCUT2D eigenvalue weighted by Gasteiger charge is -2.41. The molecule has 2 aliphatic carbocycles. The summed E-state index contributed by atoms with van der Waals surface area (Å²) in [5.74, 6) is -0.239. The van der Waals surface area contributed by atoms with Crippen LogP contribution in [0.15, 0.2) is 0 Å². The zero-order valence-electron chi connectivity index (χ0n) is 12.2. The first-order valence-corrected chi connectivity index (χ1v) is 7.43. The van der Waals surface area contributed by atoms with Gasteiger partial charge in [0.25, 0.3) is 0 Å². The van der Waals surface area contributed by atoms with E-state index in [1.54, 1.807) is 4.90 Å². The van der Waals surface area contributed by atoms with Gasteiger partial charge in [0.15, 0.2) is 0 Å². The predicted octanol–water partition coefficient (Wildman–Crippen LogP) is 2.67. The van der Waals surface area contributed by atoms with Gasteiger partial charge in [-0.25, -0.2) is 4.79 Å². The minimum Gasteiger partial charge on any atom is -0.479 e. The third-order valence-corrected chi connectivity index (χ3v) is 4.41. The molecule has 0 radical (unpaired) electrons. The first-order valence-electron chi connectivity index (χ1n) is 7.43. The molecule has 0 saturated heterocycles. The first kappa shape index (κ1) is 14.4. The lowest BCUT2D eigenvalue weighted by Crippen LogP contribution is -2.59. The summed E-state index contributed by atoms with van der Waals surface area (Å²) in [6.07, 6.45) is 5.27. The van der Waals surface area contributed by atoms with Gasteiger partial charge in [-0.3, -0.25) is 4.79 Å². The maximum absolute atomic E-state index is 12.0. The van der Waals surface area contributed by atoms with Gasteiger partial charge in [0, 0.05) is 13.0 Å². The molecule has 1 N–H and O–H groups in total. The number of carbonyl (C=O) groups excluding carboxylic acids is 1. The van der Waals surface area contributed by atoms with Crippen LogP contribution in [0.5, 0.6) is 0 Å². The number of hydrogen-bond acceptors (Lipinski definition) is 2. The van der Waals surface area contributed by atoms with Gasteiger partial charge in [-0.1, -0.05) is 13.8 Å². The number of carboxylic acids is 1. The van der Waals surface area contributed by atoms with Gasteiger partial charge in [0.1, 0.15) is 5.54 Å². The molecule has 0 spiro atoms. The van der Waals surface area contributed by atoms with E-state index in [0.29, 0.717) is 12.3 Å². The van der Waals surface area contributed by atoms with E-state index in [-0.39, 0.29) is 17.9 Å². The number of hydrogen-bond donors (Lipinski definition) is 1. The van der Waals surface area contributed by atoms with Crippen molar-refractivity contribution in [2.75, 3.05) is 0 Å². The van der Waals surface area contributed by atoms with Crippen LogP contribution in [0.25, 0.3) is 0 Å². The zero-order chi connectivity index (χ0) is 14.2. The summed E-state index contributed by atoms with van der Waals surface area (Å²) < 4.78 is 0. The molecule has 0 heterocycles. The lowest BCUT2D eigenvalue weighted by atomic mass is 9.83. The lowest BCUT2D eigenvalue weighted by molar-refractivity contribution is -0.162. The standard InChI is InChI=1S/C15H25NO3/c1-10(2)8-9-15(14(18)19,12-4-5-12)16(11(3)17)13-6-7-13/h10,12-13H,4-9H2,1-3H3,(H,18,19). The van der Waals surface area contributed by atoms with Crippen LogP contribution in [-0.4, -0.2) is 33.5 Å². The Balaban J connectivity index is 2.29. The van der Waals surface area contributed by atoms with Crippen molar-refractivity contribution in [2.24, 2.45) is 11.8 Å². The van der Waals surface area contributed by atoms with E-state index < -0.39 is 11.5 Å². The number of aliphatic carboxylic acids is 1. The average Bonchev–Trinajstić information content (AvgIpc) is 3.13. The zero-order valence-corrected chi connectivity index (χ0v) is 12.2. The van der Waals surface area contributed by atoms with Gasteiger partial charge in [-0.15, -0.1) is 0 Å². The molecule has 0 bridgehead atoms. The fourth-order valence-corrected chi connectivity index (χ4v) is 3.17. The molecule has 2 fully saturated rings. The highest BCUT2D eigenvalue weighted by Gasteiger charge is 2.58. The summed E-state index contributed by atoms with van der Waals surface area (Å²) in [7, 11) is 0. The van der Waals surface area contributed by atoms with Crippen LogP contribution in [0.3, 0.4) is 0 Å². The second kappa shape index (κ2) is 5.14. The van der Waals surface area contributed by atoms with E-state index in [2.05, 4.69) is 13.8 Å². The smallest absolute Gasteiger partial charge is 0.329 e. The molecule has 1 unspecified atom stereocenters. The molecule has 2 aliphatic rings. The van der Waals surface area contributed by atoms with E-state index in [9.17, 15) is 14.7 Å². The van der Waals surface area contributed by atoms with Crippen LogP contribution in [0.4, 0.5) is 0 Å². The normalized spacial score (nSPS) is 22.1. The number of amides is 1. The van der Waals surface area contributed by atoms with Crippen molar-refractivity contribution >= 4 is 11.9 Å². The minimum atomic E-state index is -0.933. The molecule has 1 atom stereocenters. The Morgan fingerprint density at radius 3 is 2.16 bits per heavy atom. The van der Waals surface area contributed by atoms with Crippen LogP contribution >= 0.6 is 0 Å². The van der Waals surface area contributed by atoms with Gasteiger partial charge in [-0.2, -0.15) is 0 Å². The van der Waals surface area contributed by atoms with Crippen LogP contribution in [0, 0.1) is 11.8 Å². The molecular weight excluding hydrogens is 242 g/mol. The fraction of sp³-hybridized carbons (Fsp3) is 0.867. The number of rotatable bonds is 7. The summed E-state index contributed by atoms with van der Waals surface area (Å²) in [5.41, 5.74) is -0.933. The summed E-state index contributed by atoms with van der Waals surface area (Å²) in [4.78, 5) is 25.7. The third kappa shape index (κ3) is 2.77. The largest absolute Gasteiger partial charge is 0.479 e. The Morgan fingerprint density at radius 1 is 1.26 bits per heavy atom. The van der Waals surface area contributed by atoms with Gasteiger partial charge in [0.05, 0.1) is 0 Å². The quantitative estimate of drug-likeness (QED) is 0.771. The third-order valence-electron chi connectivity index (χ3n) is 4.41. The number of carboxylic acid groups (broad SMARTS) is 1. The number of carbonyl (C=O) groups is 2. The second-order valence-corrected chi connectivity index (χ2v) is 6.56. The molecule has 2 rings (SSSR count). The van der Waals surface area contributed by atoms with E-state index >= 15 is 0 Å². The summed E-state index contributed by atoms with van der Waals surface area (Å²) in [6.45, 7) is 5.73. The van der Waals surface area contributed by atoms with Crippen molar-refractivity contribution in [1.29, 1.82) is 0 Å². The van der Waals surface area contributed by atoms with Gasteiger partial charge in [-0.05, 0) is 50.4 Å². The highest BCUT2D eigenvalue weighted by molar-refractivity contribution is 5.87. The minimum absolute atomic E-state index is 0.0689. The molecule has 4 nitrogen and oxygen atoms in total. The molecule has 0 aromatic carbocycles. The predicted molar refractivity (Wildman–Crippen MR) is 72.7 cm³/mol.